The Labute approximate surface area is 123 Å². The predicted octanol–water partition coefficient (Wildman–Crippen LogP) is 3.26. The molecular weight excluding hydrogens is 279 g/mol. The molecule has 2 nitrogen and oxygen atoms in total. The van der Waals surface area contributed by atoms with E-state index in [-0.39, 0.29) is 11.9 Å². The second-order valence-electron chi connectivity index (χ2n) is 5.07. The topological polar surface area (TPSA) is 38.0 Å². The zero-order chi connectivity index (χ0) is 14.0. The van der Waals surface area contributed by atoms with E-state index in [0.717, 1.165) is 11.3 Å². The summed E-state index contributed by atoms with van der Waals surface area (Å²) >= 11 is 3.92. The van der Waals surface area contributed by atoms with E-state index in [9.17, 15) is 4.39 Å². The van der Waals surface area contributed by atoms with Gasteiger partial charge in [0.05, 0.1) is 6.04 Å². The van der Waals surface area contributed by atoms with Crippen LogP contribution >= 0.6 is 23.5 Å². The van der Waals surface area contributed by atoms with Gasteiger partial charge in [-0.15, -0.1) is 0 Å². The molecule has 1 saturated heterocycles. The van der Waals surface area contributed by atoms with Gasteiger partial charge in [0.2, 0.25) is 0 Å². The second-order valence-corrected chi connectivity index (χ2v) is 8.10. The Bertz CT molecular complexity index is 441. The number of halogens is 1. The molecule has 4 atom stereocenters. The molecule has 0 amide bonds. The van der Waals surface area contributed by atoms with Crippen molar-refractivity contribution in [3.8, 4) is 0 Å². The molecule has 3 N–H and O–H groups in total. The summed E-state index contributed by atoms with van der Waals surface area (Å²) in [5.41, 5.74) is 4.48. The van der Waals surface area contributed by atoms with Crippen LogP contribution in [0, 0.1) is 12.7 Å². The van der Waals surface area contributed by atoms with Crippen molar-refractivity contribution in [1.82, 2.24) is 5.43 Å². The summed E-state index contributed by atoms with van der Waals surface area (Å²) in [5, 5.41) is 1.63. The Morgan fingerprint density at radius 2 is 2.11 bits per heavy atom. The minimum absolute atomic E-state index is 0.00236. The molecule has 5 heteroatoms. The number of aryl methyl sites for hydroxylation is 1. The van der Waals surface area contributed by atoms with Crippen LogP contribution in [0.3, 0.4) is 0 Å². The average molecular weight is 300 g/mol. The van der Waals surface area contributed by atoms with Gasteiger partial charge in [0.25, 0.3) is 0 Å². The van der Waals surface area contributed by atoms with Gasteiger partial charge >= 0.3 is 0 Å². The fraction of sp³-hybridized carbons (Fsp3) is 0.571. The number of benzene rings is 1. The van der Waals surface area contributed by atoms with E-state index in [0.29, 0.717) is 21.3 Å². The largest absolute Gasteiger partial charge is 0.271 e. The number of nitrogens with one attached hydrogen (secondary N) is 1. The number of hydrazine groups is 1. The van der Waals surface area contributed by atoms with Crippen LogP contribution in [0.5, 0.6) is 0 Å². The van der Waals surface area contributed by atoms with Gasteiger partial charge in [0, 0.05) is 21.5 Å². The maximum Gasteiger partial charge on any atom is 0.126 e. The first-order valence-corrected chi connectivity index (χ1v) is 8.51. The van der Waals surface area contributed by atoms with Crippen LogP contribution in [0.25, 0.3) is 0 Å². The van der Waals surface area contributed by atoms with E-state index in [2.05, 4.69) is 19.3 Å². The van der Waals surface area contributed by atoms with Crippen LogP contribution in [0.2, 0.25) is 0 Å². The molecule has 0 radical (unpaired) electrons. The lowest BCUT2D eigenvalue weighted by Crippen LogP contribution is -2.40. The van der Waals surface area contributed by atoms with E-state index < -0.39 is 0 Å². The van der Waals surface area contributed by atoms with E-state index >= 15 is 0 Å². The van der Waals surface area contributed by atoms with Crippen molar-refractivity contribution in [3.05, 3.63) is 35.1 Å². The zero-order valence-corrected chi connectivity index (χ0v) is 13.2. The summed E-state index contributed by atoms with van der Waals surface area (Å²) in [6.07, 6.45) is 0. The quantitative estimate of drug-likeness (QED) is 0.664. The van der Waals surface area contributed by atoms with Crippen LogP contribution in [-0.4, -0.2) is 21.5 Å². The number of hydrogen-bond donors (Lipinski definition) is 2. The summed E-state index contributed by atoms with van der Waals surface area (Å²) < 4.78 is 13.7. The maximum absolute atomic E-state index is 13.7. The average Bonchev–Trinajstić information content (AvgIpc) is 2.39. The van der Waals surface area contributed by atoms with Crippen LogP contribution in [0.4, 0.5) is 4.39 Å². The van der Waals surface area contributed by atoms with Crippen LogP contribution in [0.15, 0.2) is 18.2 Å². The lowest BCUT2D eigenvalue weighted by molar-refractivity contribution is 0.541. The lowest BCUT2D eigenvalue weighted by Gasteiger charge is -2.35. The third-order valence-electron chi connectivity index (χ3n) is 3.68. The molecule has 0 aliphatic carbocycles. The molecule has 2 rings (SSSR count). The van der Waals surface area contributed by atoms with E-state index in [1.165, 1.54) is 0 Å². The molecule has 1 aromatic rings. The zero-order valence-electron chi connectivity index (χ0n) is 11.5. The summed E-state index contributed by atoms with van der Waals surface area (Å²) in [4.78, 5) is 0. The molecule has 1 heterocycles. The molecule has 19 heavy (non-hydrogen) atoms. The summed E-state index contributed by atoms with van der Waals surface area (Å²) in [6, 6.07) is 5.40. The highest BCUT2D eigenvalue weighted by atomic mass is 32.2. The molecule has 1 aliphatic heterocycles. The van der Waals surface area contributed by atoms with E-state index in [4.69, 9.17) is 5.84 Å². The van der Waals surface area contributed by atoms with Crippen molar-refractivity contribution in [1.29, 1.82) is 0 Å². The highest BCUT2D eigenvalue weighted by Crippen LogP contribution is 2.40. The standard InChI is InChI=1S/C14H21FN2S2/c1-8-4-5-11(6-12(8)15)14(17-16)13-7-18-9(2)10(3)19-13/h4-6,9-10,13-14,17H,7,16H2,1-3H3. The molecule has 106 valence electrons. The highest BCUT2D eigenvalue weighted by molar-refractivity contribution is 8.07. The number of nitrogens with two attached hydrogens (primary N) is 1. The molecule has 0 spiro atoms. The minimum atomic E-state index is -0.160. The third-order valence-corrected chi connectivity index (χ3v) is 7.18. The van der Waals surface area contributed by atoms with Gasteiger partial charge in [-0.25, -0.2) is 4.39 Å². The van der Waals surface area contributed by atoms with Gasteiger partial charge in [-0.1, -0.05) is 26.0 Å². The summed E-state index contributed by atoms with van der Waals surface area (Å²) in [5.74, 6) is 6.59. The molecule has 0 aromatic heterocycles. The van der Waals surface area contributed by atoms with Crippen molar-refractivity contribution in [3.63, 3.8) is 0 Å². The fourth-order valence-corrected chi connectivity index (χ4v) is 5.30. The number of rotatable bonds is 3. The first-order valence-electron chi connectivity index (χ1n) is 6.52. The smallest absolute Gasteiger partial charge is 0.126 e. The Morgan fingerprint density at radius 3 is 2.68 bits per heavy atom. The van der Waals surface area contributed by atoms with Gasteiger partial charge in [0.15, 0.2) is 0 Å². The Balaban J connectivity index is 2.17. The van der Waals surface area contributed by atoms with Crippen molar-refractivity contribution in [2.24, 2.45) is 5.84 Å². The van der Waals surface area contributed by atoms with Crippen LogP contribution < -0.4 is 11.3 Å². The molecule has 1 aliphatic rings. The van der Waals surface area contributed by atoms with Gasteiger partial charge < -0.3 is 0 Å². The number of thioether (sulfide) groups is 2. The SMILES string of the molecule is Cc1ccc(C(NN)C2CSC(C)C(C)S2)cc1F. The number of hydrogen-bond acceptors (Lipinski definition) is 4. The summed E-state index contributed by atoms with van der Waals surface area (Å²) in [7, 11) is 0. The highest BCUT2D eigenvalue weighted by Gasteiger charge is 2.31. The Kier molecular flexibility index (Phi) is 5.17. The Hall–Kier alpha value is -0.230. The van der Waals surface area contributed by atoms with Crippen molar-refractivity contribution >= 4 is 23.5 Å². The molecule has 1 fully saturated rings. The van der Waals surface area contributed by atoms with Crippen molar-refractivity contribution in [2.75, 3.05) is 5.75 Å². The lowest BCUT2D eigenvalue weighted by atomic mass is 10.0. The first-order chi connectivity index (χ1) is 9.02. The normalized spacial score (nSPS) is 29.2. The predicted molar refractivity (Wildman–Crippen MR) is 84.0 cm³/mol. The van der Waals surface area contributed by atoms with Crippen molar-refractivity contribution in [2.45, 2.75) is 42.6 Å². The van der Waals surface area contributed by atoms with E-state index in [1.807, 2.05) is 35.7 Å². The monoisotopic (exact) mass is 300 g/mol. The van der Waals surface area contributed by atoms with Crippen molar-refractivity contribution < 1.29 is 4.39 Å². The third kappa shape index (κ3) is 3.45. The second kappa shape index (κ2) is 6.48. The minimum Gasteiger partial charge on any atom is -0.271 e. The first kappa shape index (κ1) is 15.2. The van der Waals surface area contributed by atoms with Gasteiger partial charge in [-0.3, -0.25) is 11.3 Å². The summed E-state index contributed by atoms with van der Waals surface area (Å²) in [6.45, 7) is 6.28. The van der Waals surface area contributed by atoms with Gasteiger partial charge in [-0.05, 0) is 24.1 Å². The Morgan fingerprint density at radius 1 is 1.37 bits per heavy atom. The molecule has 0 saturated carbocycles. The molecule has 0 bridgehead atoms. The van der Waals surface area contributed by atoms with Gasteiger partial charge in [0.1, 0.15) is 5.82 Å². The van der Waals surface area contributed by atoms with Crippen LogP contribution in [0.1, 0.15) is 31.0 Å². The van der Waals surface area contributed by atoms with Crippen LogP contribution in [-0.2, 0) is 0 Å². The maximum atomic E-state index is 13.7. The molecule has 4 unspecified atom stereocenters. The molecule has 1 aromatic carbocycles. The molecular formula is C14H21FN2S2. The van der Waals surface area contributed by atoms with E-state index in [1.54, 1.807) is 13.0 Å². The van der Waals surface area contributed by atoms with Gasteiger partial charge in [-0.2, -0.15) is 23.5 Å². The fourth-order valence-electron chi connectivity index (χ4n) is 2.20.